The number of carbonyl (C=O) groups excluding carboxylic acids is 1. The van der Waals surface area contributed by atoms with Crippen LogP contribution in [0.5, 0.6) is 5.75 Å². The van der Waals surface area contributed by atoms with Crippen LogP contribution in [-0.2, 0) is 11.3 Å². The van der Waals surface area contributed by atoms with Gasteiger partial charge in [-0.05, 0) is 24.6 Å². The van der Waals surface area contributed by atoms with Crippen LogP contribution in [0.25, 0.3) is 0 Å². The number of amides is 1. The third-order valence-corrected chi connectivity index (χ3v) is 3.27. The summed E-state index contributed by atoms with van der Waals surface area (Å²) in [4.78, 5) is 13.8. The lowest BCUT2D eigenvalue weighted by Crippen LogP contribution is -2.38. The van der Waals surface area contributed by atoms with E-state index in [1.165, 1.54) is 5.56 Å². The minimum absolute atomic E-state index is 0.000671. The van der Waals surface area contributed by atoms with E-state index >= 15 is 0 Å². The molecule has 3 nitrogen and oxygen atoms in total. The highest BCUT2D eigenvalue weighted by Gasteiger charge is 2.24. The summed E-state index contributed by atoms with van der Waals surface area (Å²) in [6, 6.07) is 15.9. The average molecular weight is 253 g/mol. The van der Waals surface area contributed by atoms with Crippen LogP contribution in [0.4, 0.5) is 5.69 Å². The standard InChI is InChI=1S/C16H15NO2/c1-12-6-8-13(9-7-12)10-17-14-4-2-3-5-15(14)19-11-16(17)18/h2-9H,10-11H2,1H3. The van der Waals surface area contributed by atoms with Crippen molar-refractivity contribution in [2.24, 2.45) is 0 Å². The molecule has 1 aliphatic heterocycles. The summed E-state index contributed by atoms with van der Waals surface area (Å²) >= 11 is 0. The van der Waals surface area contributed by atoms with E-state index in [1.807, 2.05) is 24.3 Å². The molecule has 2 aromatic carbocycles. The molecule has 0 radical (unpaired) electrons. The molecule has 1 amide bonds. The SMILES string of the molecule is Cc1ccc(CN2C(=O)COc3ccccc32)cc1. The van der Waals surface area contributed by atoms with Gasteiger partial charge in [0.2, 0.25) is 0 Å². The summed E-state index contributed by atoms with van der Waals surface area (Å²) < 4.78 is 5.43. The monoisotopic (exact) mass is 253 g/mol. The first-order valence-corrected chi connectivity index (χ1v) is 6.32. The van der Waals surface area contributed by atoms with Gasteiger partial charge in [0.05, 0.1) is 12.2 Å². The van der Waals surface area contributed by atoms with Gasteiger partial charge in [0.1, 0.15) is 5.75 Å². The molecule has 19 heavy (non-hydrogen) atoms. The minimum atomic E-state index is -0.000671. The van der Waals surface area contributed by atoms with E-state index in [4.69, 9.17) is 4.74 Å². The lowest BCUT2D eigenvalue weighted by Gasteiger charge is -2.29. The van der Waals surface area contributed by atoms with Crippen LogP contribution in [-0.4, -0.2) is 12.5 Å². The predicted octanol–water partition coefficient (Wildman–Crippen LogP) is 2.92. The molecule has 0 fully saturated rings. The van der Waals surface area contributed by atoms with Crippen LogP contribution < -0.4 is 9.64 Å². The van der Waals surface area contributed by atoms with Crippen molar-refractivity contribution in [3.63, 3.8) is 0 Å². The van der Waals surface area contributed by atoms with Crippen molar-refractivity contribution in [2.45, 2.75) is 13.5 Å². The second kappa shape index (κ2) is 4.76. The van der Waals surface area contributed by atoms with Gasteiger partial charge in [-0.15, -0.1) is 0 Å². The Balaban J connectivity index is 1.91. The van der Waals surface area contributed by atoms with Gasteiger partial charge in [0.15, 0.2) is 6.61 Å². The number of hydrogen-bond donors (Lipinski definition) is 0. The van der Waals surface area contributed by atoms with Crippen LogP contribution in [0, 0.1) is 6.92 Å². The number of hydrogen-bond acceptors (Lipinski definition) is 2. The molecule has 1 heterocycles. The molecule has 3 heteroatoms. The Kier molecular flexibility index (Phi) is 2.95. The van der Waals surface area contributed by atoms with E-state index in [0.29, 0.717) is 6.54 Å². The largest absolute Gasteiger partial charge is 0.482 e. The van der Waals surface area contributed by atoms with Crippen LogP contribution >= 0.6 is 0 Å². The number of benzene rings is 2. The van der Waals surface area contributed by atoms with Gasteiger partial charge in [-0.25, -0.2) is 0 Å². The van der Waals surface area contributed by atoms with Crippen molar-refractivity contribution in [3.8, 4) is 5.75 Å². The number of carbonyl (C=O) groups is 1. The van der Waals surface area contributed by atoms with Gasteiger partial charge in [0.25, 0.3) is 5.91 Å². The Bertz CT molecular complexity index is 604. The van der Waals surface area contributed by atoms with Gasteiger partial charge in [-0.2, -0.15) is 0 Å². The maximum Gasteiger partial charge on any atom is 0.265 e. The molecule has 3 rings (SSSR count). The number of aryl methyl sites for hydroxylation is 1. The molecule has 0 aliphatic carbocycles. The van der Waals surface area contributed by atoms with Crippen LogP contribution in [0.1, 0.15) is 11.1 Å². The highest BCUT2D eigenvalue weighted by Crippen LogP contribution is 2.32. The molecular formula is C16H15NO2. The molecule has 0 spiro atoms. The molecule has 1 aliphatic rings. The molecule has 0 bridgehead atoms. The maximum absolute atomic E-state index is 12.0. The number of rotatable bonds is 2. The van der Waals surface area contributed by atoms with Gasteiger partial charge in [-0.3, -0.25) is 4.79 Å². The first kappa shape index (κ1) is 11.8. The fourth-order valence-corrected chi connectivity index (χ4v) is 2.20. The second-order valence-electron chi connectivity index (χ2n) is 4.72. The summed E-state index contributed by atoms with van der Waals surface area (Å²) in [5.41, 5.74) is 3.19. The zero-order chi connectivity index (χ0) is 13.2. The molecular weight excluding hydrogens is 238 g/mol. The maximum atomic E-state index is 12.0. The van der Waals surface area contributed by atoms with Crippen molar-refractivity contribution < 1.29 is 9.53 Å². The zero-order valence-electron chi connectivity index (χ0n) is 10.8. The lowest BCUT2D eigenvalue weighted by atomic mass is 10.1. The van der Waals surface area contributed by atoms with E-state index < -0.39 is 0 Å². The summed E-state index contributed by atoms with van der Waals surface area (Å²) in [6.45, 7) is 2.75. The fraction of sp³-hybridized carbons (Fsp3) is 0.188. The van der Waals surface area contributed by atoms with Crippen LogP contribution in [0.3, 0.4) is 0 Å². The highest BCUT2D eigenvalue weighted by atomic mass is 16.5. The second-order valence-corrected chi connectivity index (χ2v) is 4.72. The molecule has 0 saturated heterocycles. The van der Waals surface area contributed by atoms with Gasteiger partial charge in [-0.1, -0.05) is 42.0 Å². The summed E-state index contributed by atoms with van der Waals surface area (Å²) in [5, 5.41) is 0. The number of fused-ring (bicyclic) bond motifs is 1. The third kappa shape index (κ3) is 2.32. The van der Waals surface area contributed by atoms with Crippen LogP contribution in [0.2, 0.25) is 0 Å². The lowest BCUT2D eigenvalue weighted by molar-refractivity contribution is -0.121. The topological polar surface area (TPSA) is 29.5 Å². The van der Waals surface area contributed by atoms with Crippen molar-refractivity contribution in [1.82, 2.24) is 0 Å². The van der Waals surface area contributed by atoms with Crippen molar-refractivity contribution in [1.29, 1.82) is 0 Å². The Morgan fingerprint density at radius 1 is 1.11 bits per heavy atom. The molecule has 0 unspecified atom stereocenters. The number of nitrogens with zero attached hydrogens (tertiary/aromatic N) is 1. The van der Waals surface area contributed by atoms with E-state index in [9.17, 15) is 4.79 Å². The first-order chi connectivity index (χ1) is 9.24. The van der Waals surface area contributed by atoms with E-state index in [1.54, 1.807) is 4.90 Å². The summed E-state index contributed by atoms with van der Waals surface area (Å²) in [7, 11) is 0. The zero-order valence-corrected chi connectivity index (χ0v) is 10.8. The summed E-state index contributed by atoms with van der Waals surface area (Å²) in [6.07, 6.45) is 0. The predicted molar refractivity (Wildman–Crippen MR) is 74.3 cm³/mol. The van der Waals surface area contributed by atoms with E-state index in [0.717, 1.165) is 17.0 Å². The molecule has 96 valence electrons. The van der Waals surface area contributed by atoms with E-state index in [-0.39, 0.29) is 12.5 Å². The van der Waals surface area contributed by atoms with Gasteiger partial charge >= 0.3 is 0 Å². The first-order valence-electron chi connectivity index (χ1n) is 6.32. The molecule has 0 aromatic heterocycles. The van der Waals surface area contributed by atoms with Gasteiger partial charge in [0, 0.05) is 0 Å². The smallest absolute Gasteiger partial charge is 0.265 e. The van der Waals surface area contributed by atoms with Crippen molar-refractivity contribution in [3.05, 3.63) is 59.7 Å². The Morgan fingerprint density at radius 2 is 1.84 bits per heavy atom. The normalized spacial score (nSPS) is 13.9. The average Bonchev–Trinajstić information content (AvgIpc) is 2.44. The Hall–Kier alpha value is -2.29. The molecule has 0 saturated carbocycles. The third-order valence-electron chi connectivity index (χ3n) is 3.27. The van der Waals surface area contributed by atoms with Gasteiger partial charge < -0.3 is 9.64 Å². The molecule has 0 N–H and O–H groups in total. The molecule has 2 aromatic rings. The highest BCUT2D eigenvalue weighted by molar-refractivity contribution is 5.97. The number of para-hydroxylation sites is 2. The number of ether oxygens (including phenoxy) is 1. The summed E-state index contributed by atoms with van der Waals surface area (Å²) in [5.74, 6) is 0.772. The quantitative estimate of drug-likeness (QED) is 0.823. The molecule has 0 atom stereocenters. The van der Waals surface area contributed by atoms with Crippen molar-refractivity contribution in [2.75, 3.05) is 11.5 Å². The minimum Gasteiger partial charge on any atom is -0.482 e. The van der Waals surface area contributed by atoms with E-state index in [2.05, 4.69) is 31.2 Å². The van der Waals surface area contributed by atoms with Crippen molar-refractivity contribution >= 4 is 11.6 Å². The number of anilines is 1. The van der Waals surface area contributed by atoms with Crippen LogP contribution in [0.15, 0.2) is 48.5 Å². The Morgan fingerprint density at radius 3 is 2.63 bits per heavy atom. The Labute approximate surface area is 112 Å². The fourth-order valence-electron chi connectivity index (χ4n) is 2.20.